The molecule has 3 nitrogen and oxygen atoms in total. The third-order valence-electron chi connectivity index (χ3n) is 3.82. The van der Waals surface area contributed by atoms with Crippen LogP contribution >= 0.6 is 0 Å². The minimum atomic E-state index is -0.574. The van der Waals surface area contributed by atoms with Crippen LogP contribution in [0.2, 0.25) is 0 Å². The fraction of sp³-hybridized carbons (Fsp3) is 0.278. The molecule has 0 bridgehead atoms. The number of benzene rings is 2. The second-order valence-electron chi connectivity index (χ2n) is 5.86. The highest BCUT2D eigenvalue weighted by molar-refractivity contribution is 5.87. The van der Waals surface area contributed by atoms with Crippen molar-refractivity contribution >= 4 is 11.6 Å². The molecule has 21 heavy (non-hydrogen) atoms. The molecule has 0 radical (unpaired) electrons. The number of carbonyl (C=O) groups excluding carboxylic acids is 1. The number of anilines is 1. The lowest BCUT2D eigenvalue weighted by Gasteiger charge is -2.26. The molecule has 1 unspecified atom stereocenters. The van der Waals surface area contributed by atoms with Gasteiger partial charge in [0.2, 0.25) is 5.91 Å². The number of hydrogen-bond donors (Lipinski definition) is 2. The zero-order valence-electron chi connectivity index (χ0n) is 12.8. The van der Waals surface area contributed by atoms with E-state index in [-0.39, 0.29) is 11.9 Å². The molecule has 0 saturated carbocycles. The van der Waals surface area contributed by atoms with Gasteiger partial charge in [-0.05, 0) is 44.0 Å². The number of nitrogen functional groups attached to an aromatic ring is 1. The van der Waals surface area contributed by atoms with Gasteiger partial charge in [-0.2, -0.15) is 0 Å². The van der Waals surface area contributed by atoms with E-state index in [9.17, 15) is 4.79 Å². The quantitative estimate of drug-likeness (QED) is 0.844. The lowest BCUT2D eigenvalue weighted by atomic mass is 9.83. The first-order chi connectivity index (χ1) is 9.91. The van der Waals surface area contributed by atoms with Gasteiger partial charge in [0.15, 0.2) is 0 Å². The Hall–Kier alpha value is -2.29. The van der Waals surface area contributed by atoms with E-state index in [2.05, 4.69) is 5.32 Å². The minimum absolute atomic E-state index is 0.00336. The van der Waals surface area contributed by atoms with Crippen LogP contribution in [-0.2, 0) is 10.2 Å². The summed E-state index contributed by atoms with van der Waals surface area (Å²) in [7, 11) is 0. The summed E-state index contributed by atoms with van der Waals surface area (Å²) >= 11 is 0. The average Bonchev–Trinajstić information content (AvgIpc) is 2.48. The van der Waals surface area contributed by atoms with E-state index >= 15 is 0 Å². The molecule has 0 saturated heterocycles. The molecule has 2 aromatic rings. The molecule has 0 spiro atoms. The van der Waals surface area contributed by atoms with Crippen molar-refractivity contribution in [1.82, 2.24) is 5.32 Å². The summed E-state index contributed by atoms with van der Waals surface area (Å²) < 4.78 is 0. The van der Waals surface area contributed by atoms with Crippen molar-refractivity contribution in [3.63, 3.8) is 0 Å². The molecule has 0 aromatic heterocycles. The average molecular weight is 282 g/mol. The van der Waals surface area contributed by atoms with E-state index in [0.717, 1.165) is 11.1 Å². The highest BCUT2D eigenvalue weighted by Crippen LogP contribution is 2.25. The Balaban J connectivity index is 2.14. The van der Waals surface area contributed by atoms with Gasteiger partial charge in [0, 0.05) is 5.69 Å². The molecule has 3 N–H and O–H groups in total. The molecule has 0 fully saturated rings. The maximum absolute atomic E-state index is 12.6. The maximum Gasteiger partial charge on any atom is 0.230 e. The van der Waals surface area contributed by atoms with E-state index in [1.165, 1.54) is 0 Å². The van der Waals surface area contributed by atoms with Crippen LogP contribution in [-0.4, -0.2) is 5.91 Å². The number of nitrogens with two attached hydrogens (primary N) is 1. The van der Waals surface area contributed by atoms with Gasteiger partial charge in [-0.15, -0.1) is 0 Å². The second-order valence-corrected chi connectivity index (χ2v) is 5.86. The Morgan fingerprint density at radius 2 is 1.76 bits per heavy atom. The van der Waals surface area contributed by atoms with Crippen molar-refractivity contribution in [3.8, 4) is 0 Å². The zero-order chi connectivity index (χ0) is 15.5. The van der Waals surface area contributed by atoms with Crippen LogP contribution in [0.15, 0.2) is 54.6 Å². The van der Waals surface area contributed by atoms with Gasteiger partial charge in [-0.1, -0.05) is 42.5 Å². The molecule has 1 amide bonds. The van der Waals surface area contributed by atoms with Crippen LogP contribution in [0.1, 0.15) is 37.9 Å². The smallest absolute Gasteiger partial charge is 0.230 e. The van der Waals surface area contributed by atoms with E-state index in [1.54, 1.807) is 0 Å². The van der Waals surface area contributed by atoms with Crippen LogP contribution in [0.25, 0.3) is 0 Å². The molecule has 2 aromatic carbocycles. The Kier molecular flexibility index (Phi) is 4.32. The number of amides is 1. The molecule has 0 aliphatic carbocycles. The normalized spacial score (nSPS) is 12.7. The van der Waals surface area contributed by atoms with Crippen LogP contribution in [0.4, 0.5) is 5.69 Å². The van der Waals surface area contributed by atoms with Gasteiger partial charge in [-0.3, -0.25) is 4.79 Å². The number of rotatable bonds is 4. The van der Waals surface area contributed by atoms with Crippen molar-refractivity contribution in [3.05, 3.63) is 65.7 Å². The lowest BCUT2D eigenvalue weighted by Crippen LogP contribution is -2.41. The summed E-state index contributed by atoms with van der Waals surface area (Å²) in [5, 5.41) is 3.07. The van der Waals surface area contributed by atoms with Crippen molar-refractivity contribution < 1.29 is 4.79 Å². The third-order valence-corrected chi connectivity index (χ3v) is 3.82. The van der Waals surface area contributed by atoms with Gasteiger partial charge < -0.3 is 11.1 Å². The SMILES string of the molecule is CC(NC(=O)C(C)(C)c1ccccc1)c1cccc(N)c1. The van der Waals surface area contributed by atoms with E-state index in [0.29, 0.717) is 5.69 Å². The van der Waals surface area contributed by atoms with Gasteiger partial charge >= 0.3 is 0 Å². The van der Waals surface area contributed by atoms with E-state index < -0.39 is 5.41 Å². The molecule has 0 heterocycles. The van der Waals surface area contributed by atoms with Crippen LogP contribution in [0, 0.1) is 0 Å². The van der Waals surface area contributed by atoms with Crippen molar-refractivity contribution in [2.24, 2.45) is 0 Å². The van der Waals surface area contributed by atoms with Crippen LogP contribution in [0.5, 0.6) is 0 Å². The van der Waals surface area contributed by atoms with E-state index in [4.69, 9.17) is 5.73 Å². The Morgan fingerprint density at radius 1 is 1.10 bits per heavy atom. The molecule has 2 rings (SSSR count). The van der Waals surface area contributed by atoms with E-state index in [1.807, 2.05) is 75.4 Å². The molecule has 0 aliphatic rings. The summed E-state index contributed by atoms with van der Waals surface area (Å²) in [6.45, 7) is 5.83. The van der Waals surface area contributed by atoms with Crippen molar-refractivity contribution in [2.75, 3.05) is 5.73 Å². The zero-order valence-corrected chi connectivity index (χ0v) is 12.8. The van der Waals surface area contributed by atoms with Gasteiger partial charge in [0.1, 0.15) is 0 Å². The molecular formula is C18H22N2O. The summed E-state index contributed by atoms with van der Waals surface area (Å²) in [5.41, 5.74) is 7.93. The Labute approximate surface area is 126 Å². The predicted octanol–water partition coefficient (Wildman–Crippen LogP) is 3.42. The first-order valence-corrected chi connectivity index (χ1v) is 7.13. The number of nitrogens with one attached hydrogen (secondary N) is 1. The third kappa shape index (κ3) is 3.43. The summed E-state index contributed by atoms with van der Waals surface area (Å²) in [5.74, 6) is 0.00336. The fourth-order valence-corrected chi connectivity index (χ4v) is 2.27. The molecular weight excluding hydrogens is 260 g/mol. The maximum atomic E-state index is 12.6. The summed E-state index contributed by atoms with van der Waals surface area (Å²) in [6, 6.07) is 17.3. The predicted molar refractivity (Wildman–Crippen MR) is 86.9 cm³/mol. The molecule has 1 atom stereocenters. The fourth-order valence-electron chi connectivity index (χ4n) is 2.27. The highest BCUT2D eigenvalue weighted by Gasteiger charge is 2.30. The topological polar surface area (TPSA) is 55.1 Å². The van der Waals surface area contributed by atoms with Gasteiger partial charge in [-0.25, -0.2) is 0 Å². The monoisotopic (exact) mass is 282 g/mol. The van der Waals surface area contributed by atoms with Crippen LogP contribution < -0.4 is 11.1 Å². The largest absolute Gasteiger partial charge is 0.399 e. The standard InChI is InChI=1S/C18H22N2O/c1-13(14-8-7-11-16(19)12-14)20-17(21)18(2,3)15-9-5-4-6-10-15/h4-13H,19H2,1-3H3,(H,20,21). The molecule has 3 heteroatoms. The first-order valence-electron chi connectivity index (χ1n) is 7.13. The van der Waals surface area contributed by atoms with Gasteiger partial charge in [0.05, 0.1) is 11.5 Å². The van der Waals surface area contributed by atoms with Gasteiger partial charge in [0.25, 0.3) is 0 Å². The Morgan fingerprint density at radius 3 is 2.38 bits per heavy atom. The molecule has 0 aliphatic heterocycles. The Bertz CT molecular complexity index is 620. The van der Waals surface area contributed by atoms with Crippen molar-refractivity contribution in [1.29, 1.82) is 0 Å². The summed E-state index contributed by atoms with van der Waals surface area (Å²) in [4.78, 5) is 12.6. The van der Waals surface area contributed by atoms with Crippen LogP contribution in [0.3, 0.4) is 0 Å². The highest BCUT2D eigenvalue weighted by atomic mass is 16.2. The lowest BCUT2D eigenvalue weighted by molar-refractivity contribution is -0.126. The minimum Gasteiger partial charge on any atom is -0.399 e. The molecule has 110 valence electrons. The summed E-state index contributed by atoms with van der Waals surface area (Å²) in [6.07, 6.45) is 0. The number of hydrogen-bond acceptors (Lipinski definition) is 2. The first kappa shape index (κ1) is 15.1. The second kappa shape index (κ2) is 6.00. The van der Waals surface area contributed by atoms with Crippen molar-refractivity contribution in [2.45, 2.75) is 32.2 Å². The number of carbonyl (C=O) groups is 1.